The number of hydrogen-bond acceptors (Lipinski definition) is 4. The average Bonchev–Trinajstić information content (AvgIpc) is 3.57. The lowest BCUT2D eigenvalue weighted by Crippen LogP contribution is -2.73. The highest BCUT2D eigenvalue weighted by Crippen LogP contribution is 2.42. The number of pyridine rings is 1. The standard InChI is InChI=1S/C22H31N3O2/c26-21(20-2-1-8-23-11-20)24-15-22(16-24)10-19(14-27-13-18-5-6-18)7-9-25(22)12-17-3-4-17/h1-2,8,11,17-19H,3-7,9-10,12-16H2/t19-/m1/s1. The molecule has 5 heteroatoms. The minimum atomic E-state index is 0.132. The molecule has 2 saturated carbocycles. The van der Waals surface area contributed by atoms with Crippen molar-refractivity contribution in [2.45, 2.75) is 44.1 Å². The highest BCUT2D eigenvalue weighted by atomic mass is 16.5. The molecule has 2 saturated heterocycles. The van der Waals surface area contributed by atoms with Gasteiger partial charge in [-0.25, -0.2) is 0 Å². The van der Waals surface area contributed by atoms with E-state index in [4.69, 9.17) is 4.74 Å². The summed E-state index contributed by atoms with van der Waals surface area (Å²) in [7, 11) is 0. The van der Waals surface area contributed by atoms with E-state index in [0.717, 1.165) is 38.1 Å². The fraction of sp³-hybridized carbons (Fsp3) is 0.727. The average molecular weight is 370 g/mol. The van der Waals surface area contributed by atoms with Crippen molar-refractivity contribution < 1.29 is 9.53 Å². The number of likely N-dealkylation sites (tertiary alicyclic amines) is 2. The SMILES string of the molecule is O=C(c1cccnc1)N1CC2(C[C@H](COCC3CC3)CCN2CC2CC2)C1. The van der Waals surface area contributed by atoms with Gasteiger partial charge in [0.25, 0.3) is 5.91 Å². The molecular formula is C22H31N3O2. The first-order valence-electron chi connectivity index (χ1n) is 10.7. The second-order valence-corrected chi connectivity index (χ2v) is 9.36. The number of hydrogen-bond donors (Lipinski definition) is 0. The Morgan fingerprint density at radius 3 is 2.59 bits per heavy atom. The van der Waals surface area contributed by atoms with E-state index in [2.05, 4.69) is 9.88 Å². The van der Waals surface area contributed by atoms with Crippen LogP contribution in [0.2, 0.25) is 0 Å². The second-order valence-electron chi connectivity index (χ2n) is 9.36. The van der Waals surface area contributed by atoms with E-state index in [1.165, 1.54) is 51.6 Å². The molecule has 5 rings (SSSR count). The normalized spacial score (nSPS) is 27.6. The predicted octanol–water partition coefficient (Wildman–Crippen LogP) is 2.82. The van der Waals surface area contributed by atoms with Gasteiger partial charge in [-0.2, -0.15) is 0 Å². The minimum absolute atomic E-state index is 0.132. The van der Waals surface area contributed by atoms with Gasteiger partial charge in [0.2, 0.25) is 0 Å². The first-order chi connectivity index (χ1) is 13.2. The third kappa shape index (κ3) is 3.90. The molecule has 0 N–H and O–H groups in total. The van der Waals surface area contributed by atoms with E-state index in [-0.39, 0.29) is 11.4 Å². The van der Waals surface area contributed by atoms with Crippen molar-refractivity contribution in [1.82, 2.24) is 14.8 Å². The van der Waals surface area contributed by atoms with Gasteiger partial charge < -0.3 is 9.64 Å². The monoisotopic (exact) mass is 369 g/mol. The Bertz CT molecular complexity index is 665. The Hall–Kier alpha value is -1.46. The van der Waals surface area contributed by atoms with Crippen molar-refractivity contribution in [2.24, 2.45) is 17.8 Å². The number of amides is 1. The van der Waals surface area contributed by atoms with E-state index >= 15 is 0 Å². The summed E-state index contributed by atoms with van der Waals surface area (Å²) < 4.78 is 6.02. The molecule has 1 spiro atoms. The fourth-order valence-electron chi connectivity index (χ4n) is 4.88. The number of ether oxygens (including phenoxy) is 1. The molecule has 2 aliphatic heterocycles. The second kappa shape index (κ2) is 7.17. The van der Waals surface area contributed by atoms with Gasteiger partial charge in [0.1, 0.15) is 0 Å². The zero-order valence-corrected chi connectivity index (χ0v) is 16.2. The van der Waals surface area contributed by atoms with E-state index in [0.29, 0.717) is 11.5 Å². The topological polar surface area (TPSA) is 45.7 Å². The van der Waals surface area contributed by atoms with Crippen LogP contribution in [-0.4, -0.2) is 65.6 Å². The van der Waals surface area contributed by atoms with Gasteiger partial charge in [-0.3, -0.25) is 14.7 Å². The van der Waals surface area contributed by atoms with E-state index in [1.54, 1.807) is 12.4 Å². The smallest absolute Gasteiger partial charge is 0.255 e. The van der Waals surface area contributed by atoms with Crippen LogP contribution in [0.4, 0.5) is 0 Å². The molecule has 2 aliphatic carbocycles. The lowest BCUT2D eigenvalue weighted by Gasteiger charge is -2.59. The van der Waals surface area contributed by atoms with Crippen molar-refractivity contribution >= 4 is 5.91 Å². The Balaban J connectivity index is 1.21. The Morgan fingerprint density at radius 1 is 1.11 bits per heavy atom. The van der Waals surface area contributed by atoms with Crippen molar-refractivity contribution in [3.63, 3.8) is 0 Å². The van der Waals surface area contributed by atoms with Crippen LogP contribution < -0.4 is 0 Å². The molecule has 4 fully saturated rings. The first kappa shape index (κ1) is 17.6. The summed E-state index contributed by atoms with van der Waals surface area (Å²) in [4.78, 5) is 21.6. The number of nitrogens with zero attached hydrogens (tertiary/aromatic N) is 3. The summed E-state index contributed by atoms with van der Waals surface area (Å²) in [6, 6.07) is 3.72. The molecule has 0 bridgehead atoms. The molecule has 0 unspecified atom stereocenters. The van der Waals surface area contributed by atoms with Crippen molar-refractivity contribution in [3.8, 4) is 0 Å². The zero-order chi connectivity index (χ0) is 18.3. The van der Waals surface area contributed by atoms with Crippen molar-refractivity contribution in [1.29, 1.82) is 0 Å². The quantitative estimate of drug-likeness (QED) is 0.741. The lowest BCUT2D eigenvalue weighted by molar-refractivity contribution is -0.0895. The van der Waals surface area contributed by atoms with Gasteiger partial charge in [0.15, 0.2) is 0 Å². The Morgan fingerprint density at radius 2 is 1.89 bits per heavy atom. The lowest BCUT2D eigenvalue weighted by atomic mass is 9.74. The largest absolute Gasteiger partial charge is 0.381 e. The summed E-state index contributed by atoms with van der Waals surface area (Å²) >= 11 is 0. The maximum Gasteiger partial charge on any atom is 0.255 e. The predicted molar refractivity (Wildman–Crippen MR) is 103 cm³/mol. The van der Waals surface area contributed by atoms with Crippen LogP contribution in [0.25, 0.3) is 0 Å². The first-order valence-corrected chi connectivity index (χ1v) is 10.7. The molecule has 0 aromatic carbocycles. The summed E-state index contributed by atoms with van der Waals surface area (Å²) in [6.07, 6.45) is 11.3. The molecule has 27 heavy (non-hydrogen) atoms. The third-order valence-electron chi connectivity index (χ3n) is 6.89. The van der Waals surface area contributed by atoms with Gasteiger partial charge in [-0.1, -0.05) is 0 Å². The Labute approximate surface area is 162 Å². The van der Waals surface area contributed by atoms with E-state index in [1.807, 2.05) is 17.0 Å². The van der Waals surface area contributed by atoms with E-state index in [9.17, 15) is 4.79 Å². The molecule has 1 aromatic heterocycles. The third-order valence-corrected chi connectivity index (χ3v) is 6.89. The van der Waals surface area contributed by atoms with Gasteiger partial charge in [0, 0.05) is 45.2 Å². The summed E-state index contributed by atoms with van der Waals surface area (Å²) in [5.74, 6) is 2.51. The van der Waals surface area contributed by atoms with Crippen LogP contribution in [0.1, 0.15) is 48.9 Å². The van der Waals surface area contributed by atoms with Crippen LogP contribution in [0.3, 0.4) is 0 Å². The Kier molecular flexibility index (Phi) is 4.68. The summed E-state index contributed by atoms with van der Waals surface area (Å²) in [6.45, 7) is 6.00. The highest BCUT2D eigenvalue weighted by molar-refractivity contribution is 5.94. The summed E-state index contributed by atoms with van der Waals surface area (Å²) in [5, 5.41) is 0. The molecule has 1 atom stereocenters. The van der Waals surface area contributed by atoms with Crippen molar-refractivity contribution in [2.75, 3.05) is 39.4 Å². The summed E-state index contributed by atoms with van der Waals surface area (Å²) in [5.41, 5.74) is 0.896. The van der Waals surface area contributed by atoms with Gasteiger partial charge in [0.05, 0.1) is 11.1 Å². The number of rotatable bonds is 7. The number of piperidine rings is 1. The van der Waals surface area contributed by atoms with Crippen LogP contribution in [0, 0.1) is 17.8 Å². The van der Waals surface area contributed by atoms with Gasteiger partial charge in [-0.15, -0.1) is 0 Å². The van der Waals surface area contributed by atoms with Crippen molar-refractivity contribution in [3.05, 3.63) is 30.1 Å². The van der Waals surface area contributed by atoms with Crippen LogP contribution in [-0.2, 0) is 4.74 Å². The van der Waals surface area contributed by atoms with Crippen LogP contribution >= 0.6 is 0 Å². The highest BCUT2D eigenvalue weighted by Gasteiger charge is 2.53. The molecule has 3 heterocycles. The van der Waals surface area contributed by atoms with Crippen LogP contribution in [0.15, 0.2) is 24.5 Å². The number of carbonyl (C=O) groups is 1. The number of aromatic nitrogens is 1. The number of carbonyl (C=O) groups excluding carboxylic acids is 1. The zero-order valence-electron chi connectivity index (χ0n) is 16.2. The van der Waals surface area contributed by atoms with E-state index < -0.39 is 0 Å². The molecule has 1 aromatic rings. The molecule has 146 valence electrons. The van der Waals surface area contributed by atoms with Gasteiger partial charge >= 0.3 is 0 Å². The molecular weight excluding hydrogens is 338 g/mol. The fourth-order valence-corrected chi connectivity index (χ4v) is 4.88. The molecule has 1 amide bonds. The van der Waals surface area contributed by atoms with Crippen LogP contribution in [0.5, 0.6) is 0 Å². The maximum absolute atomic E-state index is 12.8. The molecule has 5 nitrogen and oxygen atoms in total. The van der Waals surface area contributed by atoms with Gasteiger partial charge in [-0.05, 0) is 75.0 Å². The minimum Gasteiger partial charge on any atom is -0.381 e. The molecule has 0 radical (unpaired) electrons. The maximum atomic E-state index is 12.8. The molecule has 4 aliphatic rings.